The van der Waals surface area contributed by atoms with Crippen LogP contribution in [0.15, 0.2) is 24.3 Å². The highest BCUT2D eigenvalue weighted by molar-refractivity contribution is 7.16. The summed E-state index contributed by atoms with van der Waals surface area (Å²) < 4.78 is 13.1. The molecule has 1 saturated heterocycles. The van der Waals surface area contributed by atoms with Gasteiger partial charge in [0, 0.05) is 29.4 Å². The first-order valence-corrected chi connectivity index (χ1v) is 10.2. The first kappa shape index (κ1) is 18.1. The molecule has 1 aliphatic carbocycles. The zero-order chi connectivity index (χ0) is 19.0. The van der Waals surface area contributed by atoms with E-state index in [1.807, 2.05) is 11.8 Å². The summed E-state index contributed by atoms with van der Waals surface area (Å²) in [6.07, 6.45) is 4.70. The van der Waals surface area contributed by atoms with Crippen molar-refractivity contribution in [3.8, 4) is 11.3 Å². The van der Waals surface area contributed by atoms with E-state index in [1.54, 1.807) is 12.1 Å². The minimum Gasteiger partial charge on any atom is -0.339 e. The highest BCUT2D eigenvalue weighted by Gasteiger charge is 2.38. The Morgan fingerprint density at radius 2 is 1.96 bits per heavy atom. The Balaban J connectivity index is 1.43. The summed E-state index contributed by atoms with van der Waals surface area (Å²) in [5, 5.41) is 3.39. The van der Waals surface area contributed by atoms with Crippen molar-refractivity contribution in [3.05, 3.63) is 35.0 Å². The van der Waals surface area contributed by atoms with E-state index in [2.05, 4.69) is 10.3 Å². The molecule has 1 aromatic carbocycles. The number of nitrogens with one attached hydrogen (secondary N) is 1. The molecule has 1 unspecified atom stereocenters. The van der Waals surface area contributed by atoms with Crippen molar-refractivity contribution in [1.82, 2.24) is 9.88 Å². The molecule has 0 radical (unpaired) electrons. The average molecular weight is 387 g/mol. The number of benzene rings is 1. The molecule has 2 aromatic rings. The summed E-state index contributed by atoms with van der Waals surface area (Å²) in [4.78, 5) is 32.3. The number of hydrogen-bond acceptors (Lipinski definition) is 4. The van der Waals surface area contributed by atoms with Gasteiger partial charge in [-0.25, -0.2) is 9.37 Å². The fourth-order valence-electron chi connectivity index (χ4n) is 4.01. The Hall–Kier alpha value is -2.28. The summed E-state index contributed by atoms with van der Waals surface area (Å²) in [7, 11) is 0. The van der Waals surface area contributed by atoms with Crippen LogP contribution in [0.3, 0.4) is 0 Å². The summed E-state index contributed by atoms with van der Waals surface area (Å²) in [5.41, 5.74) is 1.56. The molecular formula is C20H22FN3O2S. The van der Waals surface area contributed by atoms with Crippen LogP contribution < -0.4 is 5.32 Å². The summed E-state index contributed by atoms with van der Waals surface area (Å²) in [5.74, 6) is -0.679. The molecule has 1 saturated carbocycles. The third-order valence-corrected chi connectivity index (χ3v) is 6.33. The molecule has 0 bridgehead atoms. The van der Waals surface area contributed by atoms with Crippen molar-refractivity contribution in [3.63, 3.8) is 0 Å². The van der Waals surface area contributed by atoms with Gasteiger partial charge < -0.3 is 10.2 Å². The van der Waals surface area contributed by atoms with Crippen LogP contribution in [-0.4, -0.2) is 34.3 Å². The maximum Gasteiger partial charge on any atom is 0.231 e. The van der Waals surface area contributed by atoms with Crippen LogP contribution in [0.2, 0.25) is 0 Å². The molecule has 7 heteroatoms. The van der Waals surface area contributed by atoms with Crippen LogP contribution in [0.4, 0.5) is 9.52 Å². The normalized spacial score (nSPS) is 20.4. The molecular weight excluding hydrogens is 365 g/mol. The molecule has 142 valence electrons. The third-order valence-electron chi connectivity index (χ3n) is 5.44. The number of aryl methyl sites for hydroxylation is 1. The van der Waals surface area contributed by atoms with Crippen molar-refractivity contribution in [2.24, 2.45) is 5.92 Å². The number of rotatable bonds is 4. The van der Waals surface area contributed by atoms with Crippen molar-refractivity contribution in [1.29, 1.82) is 0 Å². The second-order valence-electron chi connectivity index (χ2n) is 7.31. The highest BCUT2D eigenvalue weighted by Crippen LogP contribution is 2.32. The molecule has 5 nitrogen and oxygen atoms in total. The minimum atomic E-state index is -0.323. The number of hydrogen-bond donors (Lipinski definition) is 1. The van der Waals surface area contributed by atoms with E-state index in [9.17, 15) is 14.0 Å². The molecule has 1 aromatic heterocycles. The van der Waals surface area contributed by atoms with Crippen LogP contribution in [0, 0.1) is 18.7 Å². The smallest absolute Gasteiger partial charge is 0.231 e. The molecule has 1 atom stereocenters. The summed E-state index contributed by atoms with van der Waals surface area (Å²) in [6.45, 7) is 2.43. The number of amides is 2. The zero-order valence-electron chi connectivity index (χ0n) is 15.2. The molecule has 27 heavy (non-hydrogen) atoms. The molecule has 0 spiro atoms. The molecule has 2 aliphatic rings. The van der Waals surface area contributed by atoms with Gasteiger partial charge in [-0.15, -0.1) is 11.3 Å². The fraction of sp³-hybridized carbons (Fsp3) is 0.450. The van der Waals surface area contributed by atoms with E-state index >= 15 is 0 Å². The highest BCUT2D eigenvalue weighted by atomic mass is 32.1. The third kappa shape index (κ3) is 3.74. The van der Waals surface area contributed by atoms with Gasteiger partial charge in [-0.2, -0.15) is 0 Å². The average Bonchev–Trinajstić information content (AvgIpc) is 3.36. The molecule has 1 N–H and O–H groups in total. The zero-order valence-corrected chi connectivity index (χ0v) is 16.0. The summed E-state index contributed by atoms with van der Waals surface area (Å²) in [6, 6.07) is 6.46. The molecule has 2 heterocycles. The molecule has 2 amide bonds. The fourth-order valence-corrected chi connectivity index (χ4v) is 4.85. The van der Waals surface area contributed by atoms with Crippen LogP contribution in [0.25, 0.3) is 11.3 Å². The SMILES string of the molecule is Cc1sc(NC(=O)C2CC(=O)N(C3CCCC3)C2)nc1-c1ccc(F)cc1. The monoisotopic (exact) mass is 387 g/mol. The van der Waals surface area contributed by atoms with E-state index in [0.717, 1.165) is 41.8 Å². The number of halogens is 1. The quantitative estimate of drug-likeness (QED) is 0.863. The van der Waals surface area contributed by atoms with Crippen LogP contribution in [-0.2, 0) is 9.59 Å². The van der Waals surface area contributed by atoms with E-state index in [1.165, 1.54) is 23.5 Å². The van der Waals surface area contributed by atoms with Gasteiger partial charge >= 0.3 is 0 Å². The van der Waals surface area contributed by atoms with Gasteiger partial charge in [-0.1, -0.05) is 12.8 Å². The van der Waals surface area contributed by atoms with Crippen molar-refractivity contribution >= 4 is 28.3 Å². The molecule has 4 rings (SSSR count). The molecule has 2 fully saturated rings. The number of aromatic nitrogens is 1. The van der Waals surface area contributed by atoms with Gasteiger partial charge in [0.1, 0.15) is 5.82 Å². The van der Waals surface area contributed by atoms with Gasteiger partial charge in [-0.3, -0.25) is 9.59 Å². The number of carbonyl (C=O) groups is 2. The Labute approximate surface area is 161 Å². The second kappa shape index (κ2) is 7.38. The topological polar surface area (TPSA) is 62.3 Å². The standard InChI is InChI=1S/C20H22FN3O2S/c1-12-18(13-6-8-15(21)9-7-13)22-20(27-12)23-19(26)14-10-17(25)24(11-14)16-4-2-3-5-16/h6-9,14,16H,2-5,10-11H2,1H3,(H,22,23,26). The predicted molar refractivity (Wildman–Crippen MR) is 103 cm³/mol. The van der Waals surface area contributed by atoms with Crippen LogP contribution >= 0.6 is 11.3 Å². The lowest BCUT2D eigenvalue weighted by Crippen LogP contribution is -2.35. The first-order chi connectivity index (χ1) is 13.0. The lowest BCUT2D eigenvalue weighted by molar-refractivity contribution is -0.129. The Morgan fingerprint density at radius 3 is 2.67 bits per heavy atom. The Bertz CT molecular complexity index is 859. The Morgan fingerprint density at radius 1 is 1.26 bits per heavy atom. The minimum absolute atomic E-state index is 0.0874. The van der Waals surface area contributed by atoms with Crippen LogP contribution in [0.5, 0.6) is 0 Å². The van der Waals surface area contributed by atoms with E-state index in [4.69, 9.17) is 0 Å². The van der Waals surface area contributed by atoms with Crippen molar-refractivity contribution in [2.45, 2.75) is 45.1 Å². The lowest BCUT2D eigenvalue weighted by Gasteiger charge is -2.23. The van der Waals surface area contributed by atoms with E-state index in [0.29, 0.717) is 17.7 Å². The van der Waals surface area contributed by atoms with Gasteiger partial charge in [0.15, 0.2) is 5.13 Å². The van der Waals surface area contributed by atoms with Crippen molar-refractivity contribution in [2.75, 3.05) is 11.9 Å². The lowest BCUT2D eigenvalue weighted by atomic mass is 10.1. The van der Waals surface area contributed by atoms with E-state index < -0.39 is 0 Å². The number of nitrogens with zero attached hydrogens (tertiary/aromatic N) is 2. The molecule has 1 aliphatic heterocycles. The van der Waals surface area contributed by atoms with Gasteiger partial charge in [0.05, 0.1) is 11.6 Å². The largest absolute Gasteiger partial charge is 0.339 e. The van der Waals surface area contributed by atoms with Gasteiger partial charge in [0.25, 0.3) is 0 Å². The van der Waals surface area contributed by atoms with Gasteiger partial charge in [0.2, 0.25) is 11.8 Å². The maximum absolute atomic E-state index is 13.1. The van der Waals surface area contributed by atoms with Crippen molar-refractivity contribution < 1.29 is 14.0 Å². The maximum atomic E-state index is 13.1. The summed E-state index contributed by atoms with van der Waals surface area (Å²) >= 11 is 1.39. The number of thiazole rings is 1. The Kier molecular flexibility index (Phi) is 4.95. The van der Waals surface area contributed by atoms with E-state index in [-0.39, 0.29) is 30.0 Å². The van der Waals surface area contributed by atoms with Crippen LogP contribution in [0.1, 0.15) is 37.0 Å². The second-order valence-corrected chi connectivity index (χ2v) is 8.51. The number of anilines is 1. The van der Waals surface area contributed by atoms with Gasteiger partial charge in [-0.05, 0) is 44.0 Å². The first-order valence-electron chi connectivity index (χ1n) is 9.35. The number of likely N-dealkylation sites (tertiary alicyclic amines) is 1. The predicted octanol–water partition coefficient (Wildman–Crippen LogP) is 3.99. The number of carbonyl (C=O) groups excluding carboxylic acids is 2.